The number of aromatic nitrogens is 1. The quantitative estimate of drug-likeness (QED) is 0.777. The van der Waals surface area contributed by atoms with E-state index in [0.717, 1.165) is 29.3 Å². The maximum absolute atomic E-state index is 11.9. The van der Waals surface area contributed by atoms with Gasteiger partial charge in [-0.15, -0.1) is 6.42 Å². The largest absolute Gasteiger partial charge is 0.305 e. The second-order valence-electron chi connectivity index (χ2n) is 5.19. The van der Waals surface area contributed by atoms with Gasteiger partial charge in [0.1, 0.15) is 0 Å². The SMILES string of the molecule is C#CCn1c(=NC(=O)CCCC)sc2cc(S(C)(=O)=O)ccc21. The van der Waals surface area contributed by atoms with E-state index in [2.05, 4.69) is 10.9 Å². The van der Waals surface area contributed by atoms with Crippen molar-refractivity contribution >= 4 is 37.3 Å². The minimum absolute atomic E-state index is 0.187. The Morgan fingerprint density at radius 1 is 1.43 bits per heavy atom. The molecule has 0 aliphatic heterocycles. The summed E-state index contributed by atoms with van der Waals surface area (Å²) in [5, 5.41) is 0. The molecule has 0 radical (unpaired) electrons. The summed E-state index contributed by atoms with van der Waals surface area (Å²) in [6.07, 6.45) is 8.68. The van der Waals surface area contributed by atoms with Crippen LogP contribution in [0.1, 0.15) is 26.2 Å². The molecule has 122 valence electrons. The molecule has 0 spiro atoms. The van der Waals surface area contributed by atoms with E-state index in [4.69, 9.17) is 6.42 Å². The Hall–Kier alpha value is -1.91. The average molecular weight is 350 g/mol. The number of carbonyl (C=O) groups is 1. The lowest BCUT2D eigenvalue weighted by molar-refractivity contribution is -0.118. The predicted octanol–water partition coefficient (Wildman–Crippen LogP) is 2.36. The molecule has 2 aromatic rings. The highest BCUT2D eigenvalue weighted by atomic mass is 32.2. The fourth-order valence-corrected chi connectivity index (χ4v) is 3.91. The van der Waals surface area contributed by atoms with Crippen LogP contribution in [0.3, 0.4) is 0 Å². The van der Waals surface area contributed by atoms with Crippen LogP contribution >= 0.6 is 11.3 Å². The molecule has 0 bridgehead atoms. The summed E-state index contributed by atoms with van der Waals surface area (Å²) in [6.45, 7) is 2.29. The highest BCUT2D eigenvalue weighted by Crippen LogP contribution is 2.21. The lowest BCUT2D eigenvalue weighted by atomic mass is 10.2. The van der Waals surface area contributed by atoms with Crippen molar-refractivity contribution in [2.75, 3.05) is 6.26 Å². The van der Waals surface area contributed by atoms with Crippen LogP contribution in [0.25, 0.3) is 10.2 Å². The van der Waals surface area contributed by atoms with Gasteiger partial charge in [-0.1, -0.05) is 30.6 Å². The van der Waals surface area contributed by atoms with Crippen molar-refractivity contribution in [3.05, 3.63) is 23.0 Å². The van der Waals surface area contributed by atoms with Gasteiger partial charge < -0.3 is 4.57 Å². The summed E-state index contributed by atoms with van der Waals surface area (Å²) in [5.41, 5.74) is 0.780. The molecule has 5 nitrogen and oxygen atoms in total. The first-order valence-electron chi connectivity index (χ1n) is 7.21. The molecule has 0 unspecified atom stereocenters. The standard InChI is InChI=1S/C16H18N2O3S2/c1-4-6-7-15(19)17-16-18(10-5-2)13-9-8-12(23(3,20)21)11-14(13)22-16/h2,8-9,11H,4,6-7,10H2,1,3H3. The minimum atomic E-state index is -3.29. The summed E-state index contributed by atoms with van der Waals surface area (Å²) in [7, 11) is -3.29. The summed E-state index contributed by atoms with van der Waals surface area (Å²) in [4.78, 5) is 16.8. The first kappa shape index (κ1) is 17.4. The first-order chi connectivity index (χ1) is 10.9. The van der Waals surface area contributed by atoms with E-state index in [-0.39, 0.29) is 17.3 Å². The van der Waals surface area contributed by atoms with Crippen LogP contribution in [0.2, 0.25) is 0 Å². The van der Waals surface area contributed by atoms with Gasteiger partial charge in [-0.3, -0.25) is 4.79 Å². The molecule has 1 amide bonds. The van der Waals surface area contributed by atoms with Crippen molar-refractivity contribution in [2.45, 2.75) is 37.6 Å². The third kappa shape index (κ3) is 4.09. The Morgan fingerprint density at radius 3 is 2.78 bits per heavy atom. The summed E-state index contributed by atoms with van der Waals surface area (Å²) in [6, 6.07) is 4.84. The van der Waals surface area contributed by atoms with E-state index in [1.165, 1.54) is 11.3 Å². The molecule has 0 aliphatic carbocycles. The third-order valence-corrected chi connectivity index (χ3v) is 5.45. The highest BCUT2D eigenvalue weighted by molar-refractivity contribution is 7.90. The molecule has 0 N–H and O–H groups in total. The van der Waals surface area contributed by atoms with Gasteiger partial charge in [0.25, 0.3) is 0 Å². The Balaban J connectivity index is 2.60. The minimum Gasteiger partial charge on any atom is -0.305 e. The number of fused-ring (bicyclic) bond motifs is 1. The molecule has 1 aromatic heterocycles. The van der Waals surface area contributed by atoms with E-state index in [0.29, 0.717) is 11.2 Å². The maximum atomic E-state index is 11.9. The predicted molar refractivity (Wildman–Crippen MR) is 91.9 cm³/mol. The van der Waals surface area contributed by atoms with Crippen LogP contribution in [0.4, 0.5) is 0 Å². The molecule has 1 aromatic carbocycles. The molecular formula is C16H18N2O3S2. The topological polar surface area (TPSA) is 68.5 Å². The number of hydrogen-bond acceptors (Lipinski definition) is 4. The number of amides is 1. The van der Waals surface area contributed by atoms with Crippen LogP contribution in [-0.4, -0.2) is 25.1 Å². The van der Waals surface area contributed by atoms with Crippen molar-refractivity contribution in [3.8, 4) is 12.3 Å². The summed E-state index contributed by atoms with van der Waals surface area (Å²) < 4.78 is 25.9. The van der Waals surface area contributed by atoms with E-state index in [9.17, 15) is 13.2 Å². The smallest absolute Gasteiger partial charge is 0.248 e. The molecule has 2 rings (SSSR count). The number of terminal acetylenes is 1. The molecule has 0 saturated carbocycles. The Labute approximate surface area is 139 Å². The van der Waals surface area contributed by atoms with Crippen molar-refractivity contribution in [3.63, 3.8) is 0 Å². The van der Waals surface area contributed by atoms with Gasteiger partial charge >= 0.3 is 0 Å². The molecule has 0 atom stereocenters. The van der Waals surface area contributed by atoms with Crippen molar-refractivity contribution in [2.24, 2.45) is 4.99 Å². The first-order valence-corrected chi connectivity index (χ1v) is 9.92. The lowest BCUT2D eigenvalue weighted by Gasteiger charge is -2.01. The normalized spacial score (nSPS) is 12.5. The monoisotopic (exact) mass is 350 g/mol. The fraction of sp³-hybridized carbons (Fsp3) is 0.375. The zero-order chi connectivity index (χ0) is 17.0. The molecule has 1 heterocycles. The van der Waals surface area contributed by atoms with E-state index in [1.54, 1.807) is 22.8 Å². The number of sulfone groups is 1. The lowest BCUT2D eigenvalue weighted by Crippen LogP contribution is -2.16. The fourth-order valence-electron chi connectivity index (χ4n) is 2.10. The van der Waals surface area contributed by atoms with Crippen molar-refractivity contribution in [1.29, 1.82) is 0 Å². The molecule has 7 heteroatoms. The summed E-state index contributed by atoms with van der Waals surface area (Å²) >= 11 is 1.27. The number of unbranched alkanes of at least 4 members (excludes halogenated alkanes) is 1. The van der Waals surface area contributed by atoms with Gasteiger partial charge in [-0.05, 0) is 24.6 Å². The number of benzene rings is 1. The van der Waals surface area contributed by atoms with Crippen LogP contribution in [0.15, 0.2) is 28.1 Å². The number of nitrogens with zero attached hydrogens (tertiary/aromatic N) is 2. The second kappa shape index (κ2) is 7.11. The van der Waals surface area contributed by atoms with Gasteiger partial charge in [0.05, 0.1) is 21.7 Å². The average Bonchev–Trinajstić information content (AvgIpc) is 2.81. The van der Waals surface area contributed by atoms with Crippen LogP contribution in [0.5, 0.6) is 0 Å². The Morgan fingerprint density at radius 2 is 2.17 bits per heavy atom. The van der Waals surface area contributed by atoms with Gasteiger partial charge in [0.2, 0.25) is 5.91 Å². The van der Waals surface area contributed by atoms with Gasteiger partial charge in [0.15, 0.2) is 14.6 Å². The van der Waals surface area contributed by atoms with Crippen molar-refractivity contribution in [1.82, 2.24) is 4.57 Å². The second-order valence-corrected chi connectivity index (χ2v) is 8.21. The van der Waals surface area contributed by atoms with Crippen LogP contribution in [0, 0.1) is 12.3 Å². The number of thiazole rings is 1. The van der Waals surface area contributed by atoms with Crippen molar-refractivity contribution < 1.29 is 13.2 Å². The van der Waals surface area contributed by atoms with Crippen LogP contribution in [-0.2, 0) is 21.2 Å². The summed E-state index contributed by atoms with van der Waals surface area (Å²) in [5.74, 6) is 2.36. The number of rotatable bonds is 5. The van der Waals surface area contributed by atoms with Gasteiger partial charge in [-0.2, -0.15) is 4.99 Å². The van der Waals surface area contributed by atoms with E-state index >= 15 is 0 Å². The molecule has 0 aliphatic rings. The van der Waals surface area contributed by atoms with Gasteiger partial charge in [0, 0.05) is 12.7 Å². The highest BCUT2D eigenvalue weighted by Gasteiger charge is 2.12. The Bertz CT molecular complexity index is 944. The van der Waals surface area contributed by atoms with Crippen LogP contribution < -0.4 is 4.80 Å². The molecule has 23 heavy (non-hydrogen) atoms. The number of hydrogen-bond donors (Lipinski definition) is 0. The van der Waals surface area contributed by atoms with Gasteiger partial charge in [-0.25, -0.2) is 8.42 Å². The number of carbonyl (C=O) groups excluding carboxylic acids is 1. The third-order valence-electron chi connectivity index (χ3n) is 3.30. The zero-order valence-electron chi connectivity index (χ0n) is 13.1. The zero-order valence-corrected chi connectivity index (χ0v) is 14.7. The van der Waals surface area contributed by atoms with E-state index in [1.807, 2.05) is 6.92 Å². The molecular weight excluding hydrogens is 332 g/mol. The Kier molecular flexibility index (Phi) is 5.39. The molecule has 0 saturated heterocycles. The molecule has 0 fully saturated rings. The maximum Gasteiger partial charge on any atom is 0.248 e. The van der Waals surface area contributed by atoms with E-state index < -0.39 is 9.84 Å².